The molecular formula is C19H38N4O3. The average Bonchev–Trinajstić information content (AvgIpc) is 2.68. The Balaban J connectivity index is 1.80. The first-order valence-corrected chi connectivity index (χ1v) is 10.1. The zero-order valence-electron chi connectivity index (χ0n) is 16.9. The molecule has 2 aliphatic heterocycles. The molecule has 0 aromatic rings. The normalized spacial score (nSPS) is 22.3. The van der Waals surface area contributed by atoms with Gasteiger partial charge in [-0.05, 0) is 26.2 Å². The summed E-state index contributed by atoms with van der Waals surface area (Å²) in [6.07, 6.45) is 5.24. The van der Waals surface area contributed by atoms with E-state index in [4.69, 9.17) is 19.2 Å². The number of rotatable bonds is 9. The van der Waals surface area contributed by atoms with Crippen molar-refractivity contribution in [1.82, 2.24) is 15.5 Å². The van der Waals surface area contributed by atoms with E-state index in [9.17, 15) is 0 Å². The lowest BCUT2D eigenvalue weighted by Gasteiger charge is -2.35. The number of ether oxygens (including phenoxy) is 3. The molecule has 0 aliphatic carbocycles. The number of aliphatic imine (C=N–C) groups is 1. The SMILES string of the molecule is CCNC(=NCC1(OC)CCOCC1)NC1CCN(CCCOC)CC1. The Morgan fingerprint density at radius 1 is 1.23 bits per heavy atom. The number of nitrogens with zero attached hydrogens (tertiary/aromatic N) is 2. The van der Waals surface area contributed by atoms with Crippen LogP contribution in [0.5, 0.6) is 0 Å². The molecule has 2 rings (SSSR count). The molecule has 2 aliphatic rings. The van der Waals surface area contributed by atoms with Gasteiger partial charge in [0.25, 0.3) is 0 Å². The third-order valence-corrected chi connectivity index (χ3v) is 5.46. The number of methoxy groups -OCH3 is 2. The molecule has 0 spiro atoms. The molecule has 2 saturated heterocycles. The van der Waals surface area contributed by atoms with Crippen molar-refractivity contribution in [3.05, 3.63) is 0 Å². The maximum atomic E-state index is 5.80. The summed E-state index contributed by atoms with van der Waals surface area (Å²) in [5.74, 6) is 0.910. The van der Waals surface area contributed by atoms with Crippen LogP contribution in [-0.2, 0) is 14.2 Å². The van der Waals surface area contributed by atoms with Crippen LogP contribution < -0.4 is 10.6 Å². The van der Waals surface area contributed by atoms with Crippen LogP contribution in [0.2, 0.25) is 0 Å². The lowest BCUT2D eigenvalue weighted by atomic mass is 9.94. The Bertz CT molecular complexity index is 406. The third-order valence-electron chi connectivity index (χ3n) is 5.46. The van der Waals surface area contributed by atoms with Crippen LogP contribution in [0.3, 0.4) is 0 Å². The van der Waals surface area contributed by atoms with Gasteiger partial charge in [-0.2, -0.15) is 0 Å². The minimum Gasteiger partial charge on any atom is -0.385 e. The van der Waals surface area contributed by atoms with Crippen molar-refractivity contribution >= 4 is 5.96 Å². The van der Waals surface area contributed by atoms with Gasteiger partial charge in [0.15, 0.2) is 5.96 Å². The molecule has 0 aromatic heterocycles. The zero-order valence-corrected chi connectivity index (χ0v) is 16.9. The highest BCUT2D eigenvalue weighted by atomic mass is 16.5. The first-order valence-electron chi connectivity index (χ1n) is 10.1. The van der Waals surface area contributed by atoms with Gasteiger partial charge in [0.05, 0.1) is 12.1 Å². The van der Waals surface area contributed by atoms with Crippen LogP contribution in [0.15, 0.2) is 4.99 Å². The van der Waals surface area contributed by atoms with Crippen LogP contribution >= 0.6 is 0 Å². The predicted molar refractivity (Wildman–Crippen MR) is 105 cm³/mol. The van der Waals surface area contributed by atoms with Crippen LogP contribution in [0, 0.1) is 0 Å². The number of hydrogen-bond acceptors (Lipinski definition) is 5. The summed E-state index contributed by atoms with van der Waals surface area (Å²) < 4.78 is 16.4. The van der Waals surface area contributed by atoms with Crippen molar-refractivity contribution in [2.24, 2.45) is 4.99 Å². The minimum absolute atomic E-state index is 0.175. The highest BCUT2D eigenvalue weighted by Crippen LogP contribution is 2.24. The lowest BCUT2D eigenvalue weighted by molar-refractivity contribution is -0.0828. The second kappa shape index (κ2) is 11.7. The molecule has 0 amide bonds. The Hall–Kier alpha value is -0.890. The molecular weight excluding hydrogens is 332 g/mol. The number of piperidine rings is 1. The zero-order chi connectivity index (χ0) is 18.7. The minimum atomic E-state index is -0.175. The maximum Gasteiger partial charge on any atom is 0.191 e. The van der Waals surface area contributed by atoms with Crippen LogP contribution in [-0.4, -0.2) is 89.3 Å². The standard InChI is InChI=1S/C19H38N4O3/c1-4-20-18(21-16-19(25-3)8-14-26-15-9-19)22-17-6-11-23(12-7-17)10-5-13-24-2/h17H,4-16H2,1-3H3,(H2,20,21,22). The van der Waals surface area contributed by atoms with E-state index in [-0.39, 0.29) is 5.60 Å². The molecule has 152 valence electrons. The summed E-state index contributed by atoms with van der Waals surface area (Å²) in [4.78, 5) is 7.37. The van der Waals surface area contributed by atoms with Crippen molar-refractivity contribution in [3.63, 3.8) is 0 Å². The van der Waals surface area contributed by atoms with E-state index in [0.29, 0.717) is 12.6 Å². The van der Waals surface area contributed by atoms with Gasteiger partial charge in [-0.15, -0.1) is 0 Å². The summed E-state index contributed by atoms with van der Waals surface area (Å²) in [6.45, 7) is 9.43. The van der Waals surface area contributed by atoms with E-state index < -0.39 is 0 Å². The molecule has 0 bridgehead atoms. The first kappa shape index (κ1) is 21.4. The van der Waals surface area contributed by atoms with Gasteiger partial charge in [-0.1, -0.05) is 0 Å². The fourth-order valence-corrected chi connectivity index (χ4v) is 3.64. The second-order valence-electron chi connectivity index (χ2n) is 7.30. The van der Waals surface area contributed by atoms with Crippen molar-refractivity contribution in [1.29, 1.82) is 0 Å². The lowest BCUT2D eigenvalue weighted by Crippen LogP contribution is -2.49. The van der Waals surface area contributed by atoms with Gasteiger partial charge in [0.1, 0.15) is 0 Å². The molecule has 0 unspecified atom stereocenters. The molecule has 0 saturated carbocycles. The van der Waals surface area contributed by atoms with Crippen molar-refractivity contribution in [3.8, 4) is 0 Å². The monoisotopic (exact) mass is 370 g/mol. The summed E-state index contributed by atoms with van der Waals surface area (Å²) in [5.41, 5.74) is -0.175. The average molecular weight is 371 g/mol. The van der Waals surface area contributed by atoms with Crippen molar-refractivity contribution in [2.45, 2.75) is 50.7 Å². The molecule has 0 aromatic carbocycles. The van der Waals surface area contributed by atoms with E-state index >= 15 is 0 Å². The number of nitrogens with one attached hydrogen (secondary N) is 2. The van der Waals surface area contributed by atoms with Crippen molar-refractivity contribution < 1.29 is 14.2 Å². The third kappa shape index (κ3) is 7.02. The van der Waals surface area contributed by atoms with E-state index in [1.165, 1.54) is 0 Å². The maximum absolute atomic E-state index is 5.80. The predicted octanol–water partition coefficient (Wildman–Crippen LogP) is 1.24. The Morgan fingerprint density at radius 3 is 2.58 bits per heavy atom. The van der Waals surface area contributed by atoms with Gasteiger partial charge in [0, 0.05) is 79.1 Å². The molecule has 26 heavy (non-hydrogen) atoms. The Labute approximate surface area is 158 Å². The van der Waals surface area contributed by atoms with Gasteiger partial charge >= 0.3 is 0 Å². The number of guanidine groups is 1. The van der Waals surface area contributed by atoms with E-state index in [1.54, 1.807) is 14.2 Å². The summed E-state index contributed by atoms with van der Waals surface area (Å²) in [5, 5.41) is 7.01. The second-order valence-corrected chi connectivity index (χ2v) is 7.30. The Morgan fingerprint density at radius 2 is 1.96 bits per heavy atom. The quantitative estimate of drug-likeness (QED) is 0.362. The largest absolute Gasteiger partial charge is 0.385 e. The molecule has 0 radical (unpaired) electrons. The molecule has 0 atom stereocenters. The fourth-order valence-electron chi connectivity index (χ4n) is 3.64. The highest BCUT2D eigenvalue weighted by molar-refractivity contribution is 5.80. The van der Waals surface area contributed by atoms with E-state index in [0.717, 1.165) is 84.1 Å². The highest BCUT2D eigenvalue weighted by Gasteiger charge is 2.32. The number of likely N-dealkylation sites (tertiary alicyclic amines) is 1. The van der Waals surface area contributed by atoms with Crippen LogP contribution in [0.4, 0.5) is 0 Å². The summed E-state index contributed by atoms with van der Waals surface area (Å²) in [7, 11) is 3.56. The summed E-state index contributed by atoms with van der Waals surface area (Å²) >= 11 is 0. The van der Waals surface area contributed by atoms with Gasteiger partial charge in [-0.25, -0.2) is 0 Å². The van der Waals surface area contributed by atoms with E-state index in [1.807, 2.05) is 0 Å². The van der Waals surface area contributed by atoms with Gasteiger partial charge in [-0.3, -0.25) is 4.99 Å². The van der Waals surface area contributed by atoms with E-state index in [2.05, 4.69) is 22.5 Å². The molecule has 7 nitrogen and oxygen atoms in total. The van der Waals surface area contributed by atoms with Crippen LogP contribution in [0.1, 0.15) is 39.0 Å². The first-order chi connectivity index (χ1) is 12.7. The smallest absolute Gasteiger partial charge is 0.191 e. The number of hydrogen-bond donors (Lipinski definition) is 2. The van der Waals surface area contributed by atoms with Gasteiger partial charge in [0.2, 0.25) is 0 Å². The topological polar surface area (TPSA) is 67.4 Å². The van der Waals surface area contributed by atoms with Crippen LogP contribution in [0.25, 0.3) is 0 Å². The molecule has 2 heterocycles. The van der Waals surface area contributed by atoms with Crippen molar-refractivity contribution in [2.75, 3.05) is 66.8 Å². The molecule has 2 N–H and O–H groups in total. The van der Waals surface area contributed by atoms with Gasteiger partial charge < -0.3 is 29.7 Å². The summed E-state index contributed by atoms with van der Waals surface area (Å²) in [6, 6.07) is 0.486. The fraction of sp³-hybridized carbons (Fsp3) is 0.947. The molecule has 2 fully saturated rings. The molecule has 7 heteroatoms. The Kier molecular flexibility index (Phi) is 9.67.